The largest absolute Gasteiger partial charge is 0.399 e. The van der Waals surface area contributed by atoms with E-state index in [2.05, 4.69) is 10.5 Å². The van der Waals surface area contributed by atoms with E-state index in [0.717, 1.165) is 0 Å². The third kappa shape index (κ3) is 5.95. The van der Waals surface area contributed by atoms with Gasteiger partial charge in [-0.3, -0.25) is 0 Å². The smallest absolute Gasteiger partial charge is 0.378 e. The number of rotatable bonds is 8. The van der Waals surface area contributed by atoms with E-state index in [1.807, 2.05) is 13.8 Å². The maximum atomic E-state index is 12.7. The number of nitrogens with zero attached hydrogens (tertiary/aromatic N) is 2. The third-order valence-corrected chi connectivity index (χ3v) is 4.87. The fourth-order valence-electron chi connectivity index (χ4n) is 2.02. The van der Waals surface area contributed by atoms with Gasteiger partial charge in [0.1, 0.15) is 0 Å². The van der Waals surface area contributed by atoms with E-state index >= 15 is 0 Å². The maximum absolute atomic E-state index is 12.7. The first-order valence-electron chi connectivity index (χ1n) is 7.24. The van der Waals surface area contributed by atoms with Gasteiger partial charge >= 0.3 is 6.03 Å². The van der Waals surface area contributed by atoms with Crippen LogP contribution in [0.2, 0.25) is 0 Å². The first-order valence-corrected chi connectivity index (χ1v) is 8.68. The minimum absolute atomic E-state index is 0.136. The Morgan fingerprint density at radius 3 is 2.65 bits per heavy atom. The molecule has 1 aromatic rings. The highest BCUT2D eigenvalue weighted by molar-refractivity contribution is 7.89. The Hall–Kier alpha value is -2.00. The lowest BCUT2D eigenvalue weighted by Crippen LogP contribution is -2.36. The molecule has 8 nitrogen and oxygen atoms in total. The molecule has 0 aliphatic carbocycles. The van der Waals surface area contributed by atoms with Crippen LogP contribution in [0.4, 0.5) is 10.5 Å². The molecule has 9 heteroatoms. The molecule has 3 N–H and O–H groups in total. The number of nitrogens with two attached hydrogens (primary N) is 1. The first kappa shape index (κ1) is 19.0. The molecule has 0 aliphatic heterocycles. The Labute approximate surface area is 136 Å². The van der Waals surface area contributed by atoms with Gasteiger partial charge in [-0.25, -0.2) is 13.2 Å². The topological polar surface area (TPSA) is 122 Å². The third-order valence-electron chi connectivity index (χ3n) is 3.01. The highest BCUT2D eigenvalue weighted by Gasteiger charge is 2.24. The number of hydrogen-bond donors (Lipinski definition) is 2. The van der Waals surface area contributed by atoms with E-state index in [9.17, 15) is 18.1 Å². The van der Waals surface area contributed by atoms with Crippen LogP contribution >= 0.6 is 0 Å². The normalized spacial score (nSPS) is 11.7. The minimum Gasteiger partial charge on any atom is -0.399 e. The van der Waals surface area contributed by atoms with Crippen molar-refractivity contribution in [3.05, 3.63) is 29.2 Å². The molecule has 0 radical (unpaired) electrons. The highest BCUT2D eigenvalue weighted by atomic mass is 32.2. The summed E-state index contributed by atoms with van der Waals surface area (Å²) < 4.78 is 26.8. The Kier molecular flexibility index (Phi) is 7.11. The number of carbonyl (C=O) groups excluding carboxylic acids is 1. The summed E-state index contributed by atoms with van der Waals surface area (Å²) in [5.41, 5.74) is 6.03. The molecule has 0 heterocycles. The molecular formula is C14H22N4O4S. The SMILES string of the molecule is CC(C)CN(CCCNC(=O)N=O)S(=O)(=O)c1cccc(N)c1. The number of benzene rings is 1. The lowest BCUT2D eigenvalue weighted by Gasteiger charge is -2.24. The van der Waals surface area contributed by atoms with Crippen molar-refractivity contribution >= 4 is 21.7 Å². The summed E-state index contributed by atoms with van der Waals surface area (Å²) in [5.74, 6) is 0.136. The zero-order chi connectivity index (χ0) is 17.5. The van der Waals surface area contributed by atoms with E-state index < -0.39 is 16.1 Å². The van der Waals surface area contributed by atoms with Crippen LogP contribution in [0.25, 0.3) is 0 Å². The summed E-state index contributed by atoms with van der Waals surface area (Å²) in [6.07, 6.45) is 0.371. The zero-order valence-electron chi connectivity index (χ0n) is 13.2. The molecule has 0 bridgehead atoms. The van der Waals surface area contributed by atoms with Crippen molar-refractivity contribution < 1.29 is 13.2 Å². The van der Waals surface area contributed by atoms with Crippen molar-refractivity contribution in [3.8, 4) is 0 Å². The lowest BCUT2D eigenvalue weighted by molar-refractivity contribution is 0.248. The molecule has 1 rings (SSSR count). The van der Waals surface area contributed by atoms with Crippen LogP contribution < -0.4 is 11.1 Å². The zero-order valence-corrected chi connectivity index (χ0v) is 14.0. The number of anilines is 1. The van der Waals surface area contributed by atoms with Gasteiger partial charge in [0, 0.05) is 30.5 Å². The highest BCUT2D eigenvalue weighted by Crippen LogP contribution is 2.19. The molecule has 23 heavy (non-hydrogen) atoms. The summed E-state index contributed by atoms with van der Waals surface area (Å²) in [6.45, 7) is 4.57. The maximum Gasteiger partial charge on any atom is 0.378 e. The van der Waals surface area contributed by atoms with Crippen molar-refractivity contribution in [2.45, 2.75) is 25.2 Å². The first-order chi connectivity index (χ1) is 10.8. The van der Waals surface area contributed by atoms with E-state index in [4.69, 9.17) is 5.73 Å². The average molecular weight is 342 g/mol. The fraction of sp³-hybridized carbons (Fsp3) is 0.500. The Morgan fingerprint density at radius 2 is 2.09 bits per heavy atom. The standard InChI is InChI=1S/C14H22N4O4S/c1-11(2)10-18(8-4-7-16-14(19)17-20)23(21,22)13-6-3-5-12(15)9-13/h3,5-6,9,11H,4,7-8,10,15H2,1-2H3,(H,16,19). The number of amides is 2. The Balaban J connectivity index is 2.83. The average Bonchev–Trinajstić information content (AvgIpc) is 2.49. The summed E-state index contributed by atoms with van der Waals surface area (Å²) >= 11 is 0. The predicted molar refractivity (Wildman–Crippen MR) is 88.3 cm³/mol. The number of urea groups is 1. The number of nitrogens with one attached hydrogen (secondary N) is 1. The predicted octanol–water partition coefficient (Wildman–Crippen LogP) is 1.78. The van der Waals surface area contributed by atoms with Crippen molar-refractivity contribution in [1.82, 2.24) is 9.62 Å². The number of carbonyl (C=O) groups is 1. The molecule has 0 unspecified atom stereocenters. The fourth-order valence-corrected chi connectivity index (χ4v) is 3.72. The Morgan fingerprint density at radius 1 is 1.39 bits per heavy atom. The van der Waals surface area contributed by atoms with Crippen LogP contribution in [-0.2, 0) is 10.0 Å². The minimum atomic E-state index is -3.67. The van der Waals surface area contributed by atoms with Gasteiger partial charge in [0.05, 0.1) is 4.90 Å². The van der Waals surface area contributed by atoms with Crippen molar-refractivity contribution in [2.24, 2.45) is 11.1 Å². The van der Waals surface area contributed by atoms with Gasteiger partial charge in [-0.15, -0.1) is 4.91 Å². The molecule has 0 spiro atoms. The van der Waals surface area contributed by atoms with Gasteiger partial charge in [-0.1, -0.05) is 19.9 Å². The van der Waals surface area contributed by atoms with Crippen molar-refractivity contribution in [1.29, 1.82) is 0 Å². The second kappa shape index (κ2) is 8.59. The number of nitrogen functional groups attached to an aromatic ring is 1. The van der Waals surface area contributed by atoms with E-state index in [-0.39, 0.29) is 23.9 Å². The second-order valence-electron chi connectivity index (χ2n) is 5.51. The van der Waals surface area contributed by atoms with E-state index in [1.165, 1.54) is 16.4 Å². The van der Waals surface area contributed by atoms with Crippen LogP contribution in [0.1, 0.15) is 20.3 Å². The summed E-state index contributed by atoms with van der Waals surface area (Å²) in [6, 6.07) is 5.16. The van der Waals surface area contributed by atoms with E-state index in [1.54, 1.807) is 12.1 Å². The molecule has 0 aliphatic rings. The van der Waals surface area contributed by atoms with Crippen molar-refractivity contribution in [3.63, 3.8) is 0 Å². The molecule has 0 saturated heterocycles. The molecule has 0 aromatic heterocycles. The lowest BCUT2D eigenvalue weighted by atomic mass is 10.2. The van der Waals surface area contributed by atoms with Crippen LogP contribution in [0.3, 0.4) is 0 Å². The quantitative estimate of drug-likeness (QED) is 0.423. The second-order valence-corrected chi connectivity index (χ2v) is 7.44. The molecule has 0 saturated carbocycles. The van der Waals surface area contributed by atoms with Crippen LogP contribution in [0.15, 0.2) is 34.3 Å². The summed E-state index contributed by atoms with van der Waals surface area (Å²) in [7, 11) is -3.67. The molecule has 128 valence electrons. The molecule has 0 atom stereocenters. The summed E-state index contributed by atoms with van der Waals surface area (Å²) in [5, 5.41) is 4.50. The van der Waals surface area contributed by atoms with Gasteiger partial charge in [-0.05, 0) is 30.5 Å². The van der Waals surface area contributed by atoms with Gasteiger partial charge in [0.15, 0.2) is 0 Å². The van der Waals surface area contributed by atoms with E-state index in [0.29, 0.717) is 18.7 Å². The summed E-state index contributed by atoms with van der Waals surface area (Å²) in [4.78, 5) is 20.9. The van der Waals surface area contributed by atoms with Crippen LogP contribution in [0.5, 0.6) is 0 Å². The van der Waals surface area contributed by atoms with Gasteiger partial charge in [0.2, 0.25) is 10.0 Å². The molecular weight excluding hydrogens is 320 g/mol. The molecule has 0 fully saturated rings. The van der Waals surface area contributed by atoms with Gasteiger partial charge in [-0.2, -0.15) is 4.31 Å². The molecule has 1 aromatic carbocycles. The van der Waals surface area contributed by atoms with Crippen LogP contribution in [0, 0.1) is 10.8 Å². The number of sulfonamides is 1. The van der Waals surface area contributed by atoms with Crippen molar-refractivity contribution in [2.75, 3.05) is 25.4 Å². The number of nitroso groups, excluding NO2 is 1. The Bertz CT molecular complexity index is 646. The van der Waals surface area contributed by atoms with Gasteiger partial charge in [0.25, 0.3) is 0 Å². The van der Waals surface area contributed by atoms with Gasteiger partial charge < -0.3 is 11.1 Å². The number of hydrogen-bond acceptors (Lipinski definition) is 5. The monoisotopic (exact) mass is 342 g/mol. The van der Waals surface area contributed by atoms with Crippen LogP contribution in [-0.4, -0.2) is 38.4 Å². The molecule has 2 amide bonds.